The monoisotopic (exact) mass is 264 g/mol. The van der Waals surface area contributed by atoms with E-state index in [1.54, 1.807) is 0 Å². The number of nitrogens with one attached hydrogen (secondary N) is 1. The van der Waals surface area contributed by atoms with E-state index in [4.69, 9.17) is 11.5 Å². The Morgan fingerprint density at radius 1 is 1.37 bits per heavy atom. The molecule has 1 aromatic rings. The van der Waals surface area contributed by atoms with E-state index in [-0.39, 0.29) is 5.95 Å². The number of nitrogens with zero attached hydrogens (tertiary/aromatic N) is 3. The number of rotatable bonds is 4. The maximum Gasteiger partial charge on any atom is 0.223 e. The molecule has 1 aliphatic rings. The highest BCUT2D eigenvalue weighted by molar-refractivity contribution is 5.60. The molecule has 1 aromatic heterocycles. The van der Waals surface area contributed by atoms with Crippen molar-refractivity contribution in [1.29, 1.82) is 0 Å². The van der Waals surface area contributed by atoms with Crippen molar-refractivity contribution in [2.24, 2.45) is 5.92 Å². The minimum absolute atomic E-state index is 0.257. The molecule has 0 bridgehead atoms. The van der Waals surface area contributed by atoms with Gasteiger partial charge in [-0.25, -0.2) is 0 Å². The first-order valence-electron chi connectivity index (χ1n) is 6.85. The number of anilines is 3. The SMILES string of the molecule is CN[C@@H]1CCN(c2nc(N)nc(N)c2CC(C)C)C1. The normalized spacial score (nSPS) is 19.4. The molecule has 0 unspecified atom stereocenters. The standard InChI is InChI=1S/C13H24N6/c1-8(2)6-10-11(14)17-13(15)18-12(10)19-5-4-9(7-19)16-3/h8-9,16H,4-7H2,1-3H3,(H4,14,15,17,18)/t9-/m1/s1. The summed E-state index contributed by atoms with van der Waals surface area (Å²) in [5.74, 6) is 2.20. The van der Waals surface area contributed by atoms with Crippen LogP contribution >= 0.6 is 0 Å². The molecule has 0 aromatic carbocycles. The summed E-state index contributed by atoms with van der Waals surface area (Å²) in [6.07, 6.45) is 1.99. The number of hydrogen-bond donors (Lipinski definition) is 3. The first kappa shape index (κ1) is 13.9. The fourth-order valence-corrected chi connectivity index (χ4v) is 2.56. The molecule has 0 radical (unpaired) electrons. The summed E-state index contributed by atoms with van der Waals surface area (Å²) in [7, 11) is 1.99. The average molecular weight is 264 g/mol. The van der Waals surface area contributed by atoms with Gasteiger partial charge in [0.1, 0.15) is 11.6 Å². The van der Waals surface area contributed by atoms with Gasteiger partial charge in [0.05, 0.1) is 0 Å². The molecule has 0 spiro atoms. The van der Waals surface area contributed by atoms with Gasteiger partial charge in [-0.2, -0.15) is 9.97 Å². The predicted octanol–water partition coefficient (Wildman–Crippen LogP) is 0.638. The van der Waals surface area contributed by atoms with Gasteiger partial charge in [0, 0.05) is 24.7 Å². The Bertz CT molecular complexity index is 445. The summed E-state index contributed by atoms with van der Waals surface area (Å²) in [4.78, 5) is 10.8. The Labute approximate surface area is 114 Å². The number of hydrogen-bond acceptors (Lipinski definition) is 6. The van der Waals surface area contributed by atoms with Gasteiger partial charge in [-0.1, -0.05) is 13.8 Å². The van der Waals surface area contributed by atoms with Crippen LogP contribution in [0.1, 0.15) is 25.8 Å². The molecular formula is C13H24N6. The highest BCUT2D eigenvalue weighted by Gasteiger charge is 2.26. The molecule has 1 atom stereocenters. The van der Waals surface area contributed by atoms with Crippen LogP contribution in [0, 0.1) is 5.92 Å². The molecule has 2 rings (SSSR count). The summed E-state index contributed by atoms with van der Waals surface area (Å²) >= 11 is 0. The zero-order valence-electron chi connectivity index (χ0n) is 12.0. The Morgan fingerprint density at radius 3 is 2.68 bits per heavy atom. The van der Waals surface area contributed by atoms with Crippen LogP contribution in [0.15, 0.2) is 0 Å². The number of nitrogen functional groups attached to an aromatic ring is 2. The zero-order valence-corrected chi connectivity index (χ0v) is 12.0. The van der Waals surface area contributed by atoms with Crippen LogP contribution in [-0.4, -0.2) is 36.1 Å². The Kier molecular flexibility index (Phi) is 4.09. The fourth-order valence-electron chi connectivity index (χ4n) is 2.56. The van der Waals surface area contributed by atoms with Gasteiger partial charge in [-0.05, 0) is 25.8 Å². The summed E-state index contributed by atoms with van der Waals surface area (Å²) in [5, 5.41) is 3.31. The largest absolute Gasteiger partial charge is 0.383 e. The van der Waals surface area contributed by atoms with Crippen LogP contribution in [-0.2, 0) is 6.42 Å². The van der Waals surface area contributed by atoms with Gasteiger partial charge >= 0.3 is 0 Å². The summed E-state index contributed by atoms with van der Waals surface area (Å²) < 4.78 is 0. The second-order valence-electron chi connectivity index (χ2n) is 5.59. The average Bonchev–Trinajstić information content (AvgIpc) is 2.80. The zero-order chi connectivity index (χ0) is 14.0. The lowest BCUT2D eigenvalue weighted by Gasteiger charge is -2.22. The van der Waals surface area contributed by atoms with Crippen molar-refractivity contribution in [1.82, 2.24) is 15.3 Å². The van der Waals surface area contributed by atoms with Gasteiger partial charge in [-0.15, -0.1) is 0 Å². The molecule has 19 heavy (non-hydrogen) atoms. The third-order valence-electron chi connectivity index (χ3n) is 3.54. The lowest BCUT2D eigenvalue weighted by molar-refractivity contribution is 0.615. The van der Waals surface area contributed by atoms with Crippen molar-refractivity contribution >= 4 is 17.6 Å². The second-order valence-corrected chi connectivity index (χ2v) is 5.59. The lowest BCUT2D eigenvalue weighted by atomic mass is 10.0. The van der Waals surface area contributed by atoms with Crippen molar-refractivity contribution in [3.8, 4) is 0 Å². The van der Waals surface area contributed by atoms with Gasteiger partial charge in [0.15, 0.2) is 0 Å². The maximum absolute atomic E-state index is 6.03. The van der Waals surface area contributed by atoms with Crippen LogP contribution in [0.25, 0.3) is 0 Å². The third-order valence-corrected chi connectivity index (χ3v) is 3.54. The molecule has 106 valence electrons. The van der Waals surface area contributed by atoms with Crippen molar-refractivity contribution in [3.63, 3.8) is 0 Å². The molecule has 1 fully saturated rings. The van der Waals surface area contributed by atoms with E-state index in [0.29, 0.717) is 17.8 Å². The number of likely N-dealkylation sites (N-methyl/N-ethyl adjacent to an activating group) is 1. The molecule has 1 saturated heterocycles. The molecule has 0 saturated carbocycles. The molecule has 0 aliphatic carbocycles. The molecule has 6 heteroatoms. The van der Waals surface area contributed by atoms with Gasteiger partial charge < -0.3 is 21.7 Å². The van der Waals surface area contributed by atoms with E-state index < -0.39 is 0 Å². The Balaban J connectivity index is 2.32. The molecule has 2 heterocycles. The molecule has 1 aliphatic heterocycles. The molecule has 5 N–H and O–H groups in total. The van der Waals surface area contributed by atoms with Crippen molar-refractivity contribution in [3.05, 3.63) is 5.56 Å². The van der Waals surface area contributed by atoms with E-state index >= 15 is 0 Å². The molecule has 0 amide bonds. The van der Waals surface area contributed by atoms with Gasteiger partial charge in [0.2, 0.25) is 5.95 Å². The van der Waals surface area contributed by atoms with Crippen molar-refractivity contribution in [2.75, 3.05) is 36.5 Å². The minimum atomic E-state index is 0.257. The molecule has 6 nitrogen and oxygen atoms in total. The van der Waals surface area contributed by atoms with Crippen LogP contribution in [0.2, 0.25) is 0 Å². The predicted molar refractivity (Wildman–Crippen MR) is 79.1 cm³/mol. The highest BCUT2D eigenvalue weighted by Crippen LogP contribution is 2.28. The molecular weight excluding hydrogens is 240 g/mol. The number of nitrogens with two attached hydrogens (primary N) is 2. The van der Waals surface area contributed by atoms with E-state index in [1.165, 1.54) is 0 Å². The lowest BCUT2D eigenvalue weighted by Crippen LogP contribution is -2.31. The smallest absolute Gasteiger partial charge is 0.223 e. The minimum Gasteiger partial charge on any atom is -0.383 e. The van der Waals surface area contributed by atoms with Gasteiger partial charge in [0.25, 0.3) is 0 Å². The first-order chi connectivity index (χ1) is 9.01. The number of aromatic nitrogens is 2. The van der Waals surface area contributed by atoms with Crippen molar-refractivity contribution in [2.45, 2.75) is 32.7 Å². The van der Waals surface area contributed by atoms with E-state index in [2.05, 4.69) is 34.0 Å². The summed E-state index contributed by atoms with van der Waals surface area (Å²) in [5.41, 5.74) is 12.8. The topological polar surface area (TPSA) is 93.1 Å². The van der Waals surface area contributed by atoms with E-state index in [9.17, 15) is 0 Å². The summed E-state index contributed by atoms with van der Waals surface area (Å²) in [6.45, 7) is 6.25. The van der Waals surface area contributed by atoms with Crippen LogP contribution in [0.3, 0.4) is 0 Å². The van der Waals surface area contributed by atoms with Crippen LogP contribution < -0.4 is 21.7 Å². The Hall–Kier alpha value is -1.56. The third kappa shape index (κ3) is 3.07. The maximum atomic E-state index is 6.03. The summed E-state index contributed by atoms with van der Waals surface area (Å²) in [6, 6.07) is 0.504. The van der Waals surface area contributed by atoms with Crippen LogP contribution in [0.5, 0.6) is 0 Å². The fraction of sp³-hybridized carbons (Fsp3) is 0.692. The van der Waals surface area contributed by atoms with Crippen molar-refractivity contribution < 1.29 is 0 Å². The quantitative estimate of drug-likeness (QED) is 0.739. The van der Waals surface area contributed by atoms with E-state index in [1.807, 2.05) is 7.05 Å². The Morgan fingerprint density at radius 2 is 2.11 bits per heavy atom. The van der Waals surface area contributed by atoms with Crippen LogP contribution in [0.4, 0.5) is 17.6 Å². The van der Waals surface area contributed by atoms with Gasteiger partial charge in [-0.3, -0.25) is 0 Å². The van der Waals surface area contributed by atoms with E-state index in [0.717, 1.165) is 37.3 Å². The highest BCUT2D eigenvalue weighted by atomic mass is 15.3. The first-order valence-corrected chi connectivity index (χ1v) is 6.85. The second kappa shape index (κ2) is 5.61.